The van der Waals surface area contributed by atoms with Gasteiger partial charge in [-0.2, -0.15) is 0 Å². The Morgan fingerprint density at radius 1 is 1.29 bits per heavy atom. The molecule has 2 rings (SSSR count). The van der Waals surface area contributed by atoms with Gasteiger partial charge in [0.05, 0.1) is 0 Å². The first-order valence-electron chi connectivity index (χ1n) is 7.53. The molecule has 1 heterocycles. The molecule has 0 unspecified atom stereocenters. The molecule has 7 nitrogen and oxygen atoms in total. The molecule has 0 aliphatic carbocycles. The molecule has 0 bridgehead atoms. The van der Waals surface area contributed by atoms with Crippen LogP contribution in [0.1, 0.15) is 30.1 Å². The van der Waals surface area contributed by atoms with Gasteiger partial charge in [-0.15, -0.1) is 0 Å². The van der Waals surface area contributed by atoms with Crippen LogP contribution in [0.5, 0.6) is 0 Å². The third-order valence-corrected chi connectivity index (χ3v) is 4.21. The molecule has 0 atom stereocenters. The van der Waals surface area contributed by atoms with E-state index in [2.05, 4.69) is 20.9 Å². The lowest BCUT2D eigenvalue weighted by molar-refractivity contribution is 0.0992. The second kappa shape index (κ2) is 7.48. The zero-order valence-electron chi connectivity index (χ0n) is 13.5. The fourth-order valence-corrected chi connectivity index (χ4v) is 2.59. The summed E-state index contributed by atoms with van der Waals surface area (Å²) in [6, 6.07) is 6.74. The Kier molecular flexibility index (Phi) is 5.61. The van der Waals surface area contributed by atoms with Crippen molar-refractivity contribution < 1.29 is 4.79 Å². The van der Waals surface area contributed by atoms with E-state index in [1.807, 2.05) is 6.92 Å². The van der Waals surface area contributed by atoms with Gasteiger partial charge in [0.2, 0.25) is 0 Å². The van der Waals surface area contributed by atoms with Gasteiger partial charge in [0.25, 0.3) is 11.5 Å². The number of halogens is 1. The zero-order valence-corrected chi connectivity index (χ0v) is 15.1. The lowest BCUT2D eigenvalue weighted by Gasteiger charge is -2.20. The number of amides is 1. The molecule has 0 saturated carbocycles. The third kappa shape index (κ3) is 3.59. The van der Waals surface area contributed by atoms with Gasteiger partial charge >= 0.3 is 5.69 Å². The molecule has 3 N–H and O–H groups in total. The number of H-pyrrole nitrogens is 1. The van der Waals surface area contributed by atoms with Crippen LogP contribution in [0.4, 0.5) is 11.5 Å². The smallest absolute Gasteiger partial charge is 0.330 e. The molecule has 8 heteroatoms. The van der Waals surface area contributed by atoms with E-state index < -0.39 is 11.2 Å². The Hall–Kier alpha value is -2.35. The van der Waals surface area contributed by atoms with Crippen molar-refractivity contribution in [1.82, 2.24) is 9.55 Å². The molecule has 0 aliphatic heterocycles. The Morgan fingerprint density at radius 2 is 1.92 bits per heavy atom. The van der Waals surface area contributed by atoms with E-state index in [4.69, 9.17) is 5.73 Å². The van der Waals surface area contributed by atoms with Gasteiger partial charge in [-0.25, -0.2) is 4.79 Å². The first kappa shape index (κ1) is 18.0. The van der Waals surface area contributed by atoms with Crippen LogP contribution in [0.15, 0.2) is 38.3 Å². The van der Waals surface area contributed by atoms with E-state index in [9.17, 15) is 14.4 Å². The number of anilines is 2. The number of unbranched alkanes of at least 4 members (excludes halogenated alkanes) is 1. The van der Waals surface area contributed by atoms with E-state index in [1.54, 1.807) is 24.3 Å². The monoisotopic (exact) mass is 394 g/mol. The van der Waals surface area contributed by atoms with Crippen LogP contribution in [-0.2, 0) is 6.54 Å². The molecule has 0 aliphatic rings. The average Bonchev–Trinajstić information content (AvgIpc) is 2.54. The minimum atomic E-state index is -0.682. The summed E-state index contributed by atoms with van der Waals surface area (Å²) >= 11 is 3.30. The summed E-state index contributed by atoms with van der Waals surface area (Å²) in [4.78, 5) is 40.1. The fourth-order valence-electron chi connectivity index (χ4n) is 2.33. The Labute approximate surface area is 147 Å². The minimum absolute atomic E-state index is 0.00911. The summed E-state index contributed by atoms with van der Waals surface area (Å²) in [6.07, 6.45) is 1.61. The first-order chi connectivity index (χ1) is 11.4. The van der Waals surface area contributed by atoms with Gasteiger partial charge in [0.1, 0.15) is 5.82 Å². The van der Waals surface area contributed by atoms with Crippen molar-refractivity contribution in [1.29, 1.82) is 0 Å². The number of nitrogens with two attached hydrogens (primary N) is 1. The highest BCUT2D eigenvalue weighted by Gasteiger charge is 2.21. The van der Waals surface area contributed by atoms with Crippen molar-refractivity contribution in [2.45, 2.75) is 26.3 Å². The van der Waals surface area contributed by atoms with Crippen LogP contribution < -0.4 is 21.9 Å². The van der Waals surface area contributed by atoms with Crippen LogP contribution >= 0.6 is 15.9 Å². The van der Waals surface area contributed by atoms with E-state index in [-0.39, 0.29) is 17.4 Å². The number of nitrogens with one attached hydrogen (secondary N) is 1. The quantitative estimate of drug-likeness (QED) is 0.808. The normalized spacial score (nSPS) is 10.6. The molecule has 24 heavy (non-hydrogen) atoms. The predicted octanol–water partition coefficient (Wildman–Crippen LogP) is 1.96. The largest absolute Gasteiger partial charge is 0.383 e. The molecule has 0 fully saturated rings. The molecule has 0 spiro atoms. The van der Waals surface area contributed by atoms with Crippen LogP contribution in [0.25, 0.3) is 0 Å². The second-order valence-electron chi connectivity index (χ2n) is 5.37. The zero-order chi connectivity index (χ0) is 17.9. The fraction of sp³-hybridized carbons (Fsp3) is 0.312. The van der Waals surface area contributed by atoms with Crippen molar-refractivity contribution in [2.75, 3.05) is 17.7 Å². The summed E-state index contributed by atoms with van der Waals surface area (Å²) in [5, 5.41) is 0. The summed E-state index contributed by atoms with van der Waals surface area (Å²) in [7, 11) is 1.46. The van der Waals surface area contributed by atoms with Gasteiger partial charge in [0.15, 0.2) is 5.69 Å². The highest BCUT2D eigenvalue weighted by atomic mass is 79.9. The molecule has 128 valence electrons. The molecule has 0 radical (unpaired) electrons. The number of nitrogen functional groups attached to an aromatic ring is 1. The predicted molar refractivity (Wildman–Crippen MR) is 97.5 cm³/mol. The lowest BCUT2D eigenvalue weighted by Crippen LogP contribution is -2.39. The highest BCUT2D eigenvalue weighted by molar-refractivity contribution is 9.10. The number of benzene rings is 1. The van der Waals surface area contributed by atoms with E-state index in [0.29, 0.717) is 12.1 Å². The summed E-state index contributed by atoms with van der Waals surface area (Å²) in [6.45, 7) is 2.36. The number of nitrogens with zero attached hydrogens (tertiary/aromatic N) is 2. The van der Waals surface area contributed by atoms with Crippen LogP contribution in [0.3, 0.4) is 0 Å². The van der Waals surface area contributed by atoms with Crippen molar-refractivity contribution in [2.24, 2.45) is 0 Å². The third-order valence-electron chi connectivity index (χ3n) is 3.68. The molecule has 1 aromatic carbocycles. The van der Waals surface area contributed by atoms with Gasteiger partial charge in [0, 0.05) is 23.6 Å². The van der Waals surface area contributed by atoms with Crippen molar-refractivity contribution in [3.8, 4) is 0 Å². The molecular formula is C16H19BrN4O3. The Balaban J connectivity index is 2.46. The number of hydrogen-bond donors (Lipinski definition) is 2. The van der Waals surface area contributed by atoms with Gasteiger partial charge in [-0.05, 0) is 30.7 Å². The number of aromatic nitrogens is 2. The van der Waals surface area contributed by atoms with Crippen molar-refractivity contribution >= 4 is 33.3 Å². The minimum Gasteiger partial charge on any atom is -0.383 e. The number of hydrogen-bond acceptors (Lipinski definition) is 4. The number of carbonyl (C=O) groups is 1. The maximum Gasteiger partial charge on any atom is 0.330 e. The van der Waals surface area contributed by atoms with Crippen molar-refractivity contribution in [3.63, 3.8) is 0 Å². The van der Waals surface area contributed by atoms with Crippen molar-refractivity contribution in [3.05, 3.63) is 55.1 Å². The van der Waals surface area contributed by atoms with Crippen LogP contribution in [0, 0.1) is 0 Å². The number of aromatic amines is 1. The van der Waals surface area contributed by atoms with Gasteiger partial charge < -0.3 is 10.6 Å². The topological polar surface area (TPSA) is 101 Å². The van der Waals surface area contributed by atoms with Gasteiger partial charge in [-0.1, -0.05) is 29.3 Å². The molecule has 1 aromatic heterocycles. The number of rotatable bonds is 5. The molecule has 0 saturated heterocycles. The molecule has 2 aromatic rings. The maximum atomic E-state index is 12.6. The Morgan fingerprint density at radius 3 is 2.50 bits per heavy atom. The van der Waals surface area contributed by atoms with E-state index in [1.165, 1.54) is 16.5 Å². The summed E-state index contributed by atoms with van der Waals surface area (Å²) < 4.78 is 2.12. The summed E-state index contributed by atoms with van der Waals surface area (Å²) in [5.41, 5.74) is 5.13. The van der Waals surface area contributed by atoms with Crippen LogP contribution in [0.2, 0.25) is 0 Å². The standard InChI is InChI=1S/C16H19BrN4O3/c1-3-4-9-21-13(18)12(14(22)19-16(21)24)20(2)15(23)10-5-7-11(17)8-6-10/h5-8H,3-4,9,18H2,1-2H3,(H,19,22,24). The first-order valence-corrected chi connectivity index (χ1v) is 8.32. The maximum absolute atomic E-state index is 12.6. The SMILES string of the molecule is CCCCn1c(N)c(N(C)C(=O)c2ccc(Br)cc2)c(=O)[nH]c1=O. The highest BCUT2D eigenvalue weighted by Crippen LogP contribution is 2.19. The van der Waals surface area contributed by atoms with E-state index in [0.717, 1.165) is 17.3 Å². The molecular weight excluding hydrogens is 376 g/mol. The van der Waals surface area contributed by atoms with E-state index >= 15 is 0 Å². The number of carbonyl (C=O) groups excluding carboxylic acids is 1. The average molecular weight is 395 g/mol. The Bertz CT molecular complexity index is 855. The van der Waals surface area contributed by atoms with Crippen LogP contribution in [-0.4, -0.2) is 22.5 Å². The second-order valence-corrected chi connectivity index (χ2v) is 6.29. The molecule has 1 amide bonds. The van der Waals surface area contributed by atoms with Gasteiger partial charge in [-0.3, -0.25) is 19.1 Å². The summed E-state index contributed by atoms with van der Waals surface area (Å²) in [5.74, 6) is -0.398. The lowest BCUT2D eigenvalue weighted by atomic mass is 10.2.